The van der Waals surface area contributed by atoms with Crippen molar-refractivity contribution in [2.24, 2.45) is 0 Å². The number of aromatic nitrogens is 2. The van der Waals surface area contributed by atoms with Crippen LogP contribution in [0, 0.1) is 11.3 Å². The van der Waals surface area contributed by atoms with Gasteiger partial charge in [0.1, 0.15) is 6.07 Å². The minimum atomic E-state index is -4.49. The highest BCUT2D eigenvalue weighted by Gasteiger charge is 2.31. The summed E-state index contributed by atoms with van der Waals surface area (Å²) in [6, 6.07) is 4.56. The Morgan fingerprint density at radius 1 is 1.20 bits per heavy atom. The van der Waals surface area contributed by atoms with E-state index in [-0.39, 0.29) is 17.2 Å². The fraction of sp³-hybridized carbons (Fsp3) is 0.0833. The van der Waals surface area contributed by atoms with Gasteiger partial charge in [0.05, 0.1) is 21.3 Å². The highest BCUT2D eigenvalue weighted by atomic mass is 79.9. The molecule has 0 fully saturated rings. The maximum Gasteiger partial charge on any atom is 0.416 e. The Hall–Kier alpha value is -2.14. The van der Waals surface area contributed by atoms with Crippen LogP contribution >= 0.6 is 15.9 Å². The molecule has 0 amide bonds. The lowest BCUT2D eigenvalue weighted by Gasteiger charge is -2.10. The lowest BCUT2D eigenvalue weighted by atomic mass is 10.1. The highest BCUT2D eigenvalue weighted by Crippen LogP contribution is 2.32. The fourth-order valence-electron chi connectivity index (χ4n) is 1.42. The number of nitrogens with one attached hydrogen (secondary N) is 1. The predicted molar refractivity (Wildman–Crippen MR) is 69.2 cm³/mol. The molecule has 1 heterocycles. The molecule has 0 aliphatic rings. The van der Waals surface area contributed by atoms with Gasteiger partial charge in [-0.15, -0.1) is 0 Å². The Labute approximate surface area is 120 Å². The molecule has 4 nitrogen and oxygen atoms in total. The summed E-state index contributed by atoms with van der Waals surface area (Å²) in [5.74, 6) is 0.185. The van der Waals surface area contributed by atoms with Crippen molar-refractivity contribution in [2.75, 3.05) is 5.32 Å². The van der Waals surface area contributed by atoms with E-state index < -0.39 is 11.7 Å². The number of rotatable bonds is 2. The number of halogens is 4. The zero-order valence-corrected chi connectivity index (χ0v) is 11.3. The molecule has 20 heavy (non-hydrogen) atoms. The van der Waals surface area contributed by atoms with Crippen LogP contribution in [0.15, 0.2) is 35.1 Å². The van der Waals surface area contributed by atoms with Crippen molar-refractivity contribution in [1.82, 2.24) is 9.97 Å². The van der Waals surface area contributed by atoms with Crippen molar-refractivity contribution in [1.29, 1.82) is 5.26 Å². The lowest BCUT2D eigenvalue weighted by Crippen LogP contribution is -2.06. The zero-order chi connectivity index (χ0) is 14.8. The van der Waals surface area contributed by atoms with Gasteiger partial charge in [0, 0.05) is 12.4 Å². The average molecular weight is 343 g/mol. The van der Waals surface area contributed by atoms with E-state index in [9.17, 15) is 13.2 Å². The summed E-state index contributed by atoms with van der Waals surface area (Å²) in [5, 5.41) is 11.6. The molecule has 1 N–H and O–H groups in total. The minimum Gasteiger partial charge on any atom is -0.323 e. The average Bonchev–Trinajstić information content (AvgIpc) is 2.40. The number of anilines is 2. The minimum absolute atomic E-state index is 0.133. The molecule has 2 rings (SSSR count). The van der Waals surface area contributed by atoms with Crippen LogP contribution in [0.3, 0.4) is 0 Å². The molecule has 0 radical (unpaired) electrons. The molecular formula is C12H6BrF3N4. The number of hydrogen-bond donors (Lipinski definition) is 1. The fourth-order valence-corrected chi connectivity index (χ4v) is 1.62. The van der Waals surface area contributed by atoms with Gasteiger partial charge in [-0.1, -0.05) is 0 Å². The molecule has 0 saturated heterocycles. The van der Waals surface area contributed by atoms with Crippen LogP contribution in [-0.2, 0) is 6.18 Å². The molecule has 102 valence electrons. The van der Waals surface area contributed by atoms with Gasteiger partial charge in [-0.05, 0) is 34.1 Å². The van der Waals surface area contributed by atoms with Gasteiger partial charge in [0.2, 0.25) is 5.95 Å². The summed E-state index contributed by atoms with van der Waals surface area (Å²) < 4.78 is 38.3. The molecule has 1 aromatic carbocycles. The van der Waals surface area contributed by atoms with Crippen molar-refractivity contribution in [3.8, 4) is 6.07 Å². The van der Waals surface area contributed by atoms with Gasteiger partial charge in [-0.25, -0.2) is 9.97 Å². The van der Waals surface area contributed by atoms with Crippen molar-refractivity contribution in [2.45, 2.75) is 6.18 Å². The SMILES string of the molecule is N#Cc1cc(C(F)(F)F)ccc1Nc1ncc(Br)cn1. The van der Waals surface area contributed by atoms with E-state index in [2.05, 4.69) is 31.2 Å². The largest absolute Gasteiger partial charge is 0.416 e. The van der Waals surface area contributed by atoms with E-state index in [1.54, 1.807) is 6.07 Å². The zero-order valence-electron chi connectivity index (χ0n) is 9.74. The number of nitrogens with zero attached hydrogens (tertiary/aromatic N) is 3. The third-order valence-electron chi connectivity index (χ3n) is 2.33. The summed E-state index contributed by atoms with van der Waals surface area (Å²) in [6.45, 7) is 0. The number of benzene rings is 1. The van der Waals surface area contributed by atoms with Crippen molar-refractivity contribution in [3.05, 3.63) is 46.2 Å². The smallest absolute Gasteiger partial charge is 0.323 e. The Bertz CT molecular complexity index is 662. The topological polar surface area (TPSA) is 61.6 Å². The van der Waals surface area contributed by atoms with Gasteiger partial charge >= 0.3 is 6.18 Å². The second kappa shape index (κ2) is 5.46. The molecular weight excluding hydrogens is 337 g/mol. The maximum atomic E-state index is 12.5. The molecule has 1 aromatic heterocycles. The van der Waals surface area contributed by atoms with E-state index in [1.807, 2.05) is 0 Å². The predicted octanol–water partition coefficient (Wildman–Crippen LogP) is 3.87. The van der Waals surface area contributed by atoms with E-state index in [0.29, 0.717) is 4.47 Å². The maximum absolute atomic E-state index is 12.5. The first-order valence-electron chi connectivity index (χ1n) is 5.26. The molecule has 0 saturated carbocycles. The summed E-state index contributed by atoms with van der Waals surface area (Å²) >= 11 is 3.16. The molecule has 0 unspecified atom stereocenters. The summed E-state index contributed by atoms with van der Waals surface area (Å²) in [4.78, 5) is 7.84. The Morgan fingerprint density at radius 2 is 1.85 bits per heavy atom. The number of hydrogen-bond acceptors (Lipinski definition) is 4. The Balaban J connectivity index is 2.33. The second-order valence-corrected chi connectivity index (χ2v) is 4.64. The standard InChI is InChI=1S/C12H6BrF3N4/c13-9-5-18-11(19-6-9)20-10-2-1-8(12(14,15)16)3-7(10)4-17/h1-3,5-6H,(H,18,19,20). The van der Waals surface area contributed by atoms with Crippen molar-refractivity contribution >= 4 is 27.6 Å². The van der Waals surface area contributed by atoms with Gasteiger partial charge < -0.3 is 5.32 Å². The number of nitriles is 1. The van der Waals surface area contributed by atoms with E-state index in [0.717, 1.165) is 12.1 Å². The van der Waals surface area contributed by atoms with Crippen molar-refractivity contribution < 1.29 is 13.2 Å². The van der Waals surface area contributed by atoms with Crippen LogP contribution in [0.2, 0.25) is 0 Å². The van der Waals surface area contributed by atoms with Crippen LogP contribution in [0.1, 0.15) is 11.1 Å². The van der Waals surface area contributed by atoms with Crippen LogP contribution in [0.5, 0.6) is 0 Å². The lowest BCUT2D eigenvalue weighted by molar-refractivity contribution is -0.137. The van der Waals surface area contributed by atoms with E-state index in [1.165, 1.54) is 18.5 Å². The Kier molecular flexibility index (Phi) is 3.90. The summed E-state index contributed by atoms with van der Waals surface area (Å²) in [7, 11) is 0. The molecule has 2 aromatic rings. The molecule has 0 bridgehead atoms. The van der Waals surface area contributed by atoms with Gasteiger partial charge in [-0.2, -0.15) is 18.4 Å². The molecule has 8 heteroatoms. The first kappa shape index (κ1) is 14.3. The summed E-state index contributed by atoms with van der Waals surface area (Å²) in [5.41, 5.74) is -0.800. The van der Waals surface area contributed by atoms with Gasteiger partial charge in [0.25, 0.3) is 0 Å². The first-order chi connectivity index (χ1) is 9.40. The third kappa shape index (κ3) is 3.24. The third-order valence-corrected chi connectivity index (χ3v) is 2.74. The highest BCUT2D eigenvalue weighted by molar-refractivity contribution is 9.10. The molecule has 0 spiro atoms. The van der Waals surface area contributed by atoms with E-state index >= 15 is 0 Å². The van der Waals surface area contributed by atoms with Crippen LogP contribution < -0.4 is 5.32 Å². The summed E-state index contributed by atoms with van der Waals surface area (Å²) in [6.07, 6.45) is -1.53. The van der Waals surface area contributed by atoms with Crippen LogP contribution in [-0.4, -0.2) is 9.97 Å². The van der Waals surface area contributed by atoms with Gasteiger partial charge in [0.15, 0.2) is 0 Å². The normalized spacial score (nSPS) is 10.9. The first-order valence-corrected chi connectivity index (χ1v) is 6.05. The van der Waals surface area contributed by atoms with Crippen LogP contribution in [0.4, 0.5) is 24.8 Å². The number of alkyl halides is 3. The second-order valence-electron chi connectivity index (χ2n) is 3.72. The van der Waals surface area contributed by atoms with E-state index in [4.69, 9.17) is 5.26 Å². The van der Waals surface area contributed by atoms with Crippen molar-refractivity contribution in [3.63, 3.8) is 0 Å². The molecule has 0 aliphatic carbocycles. The Morgan fingerprint density at radius 3 is 2.40 bits per heavy atom. The molecule has 0 atom stereocenters. The van der Waals surface area contributed by atoms with Crippen LogP contribution in [0.25, 0.3) is 0 Å². The quantitative estimate of drug-likeness (QED) is 0.899. The monoisotopic (exact) mass is 342 g/mol. The van der Waals surface area contributed by atoms with Gasteiger partial charge in [-0.3, -0.25) is 0 Å². The molecule has 0 aliphatic heterocycles.